The van der Waals surface area contributed by atoms with E-state index >= 15 is 0 Å². The lowest BCUT2D eigenvalue weighted by molar-refractivity contribution is 0.415. The summed E-state index contributed by atoms with van der Waals surface area (Å²) in [4.78, 5) is 0. The van der Waals surface area contributed by atoms with Crippen molar-refractivity contribution in [2.24, 2.45) is 0 Å². The first-order valence-electron chi connectivity index (χ1n) is 9.71. The molecule has 1 aromatic heterocycles. The van der Waals surface area contributed by atoms with E-state index < -0.39 is 10.0 Å². The number of anilines is 1. The van der Waals surface area contributed by atoms with Crippen LogP contribution in [0.2, 0.25) is 0 Å². The summed E-state index contributed by atoms with van der Waals surface area (Å²) in [5, 5.41) is 10.8. The quantitative estimate of drug-likeness (QED) is 0.635. The van der Waals surface area contributed by atoms with Crippen LogP contribution >= 0.6 is 0 Å². The first-order chi connectivity index (χ1) is 14.0. The number of nitrogens with zero attached hydrogens (tertiary/aromatic N) is 3. The van der Waals surface area contributed by atoms with Crippen LogP contribution in [0.25, 0.3) is 22.2 Å². The summed E-state index contributed by atoms with van der Waals surface area (Å²) in [6, 6.07) is 15.6. The molecule has 0 radical (unpaired) electrons. The van der Waals surface area contributed by atoms with Crippen LogP contribution in [0.1, 0.15) is 25.3 Å². The molecule has 150 valence electrons. The van der Waals surface area contributed by atoms with Crippen molar-refractivity contribution in [2.45, 2.75) is 26.3 Å². The third-order valence-corrected chi connectivity index (χ3v) is 7.21. The van der Waals surface area contributed by atoms with Gasteiger partial charge in [-0.3, -0.25) is 4.31 Å². The van der Waals surface area contributed by atoms with E-state index in [2.05, 4.69) is 17.6 Å². The van der Waals surface area contributed by atoms with E-state index in [4.69, 9.17) is 4.74 Å². The SMILES string of the molecule is CCCn1c(-c2cccc(N3CCCS3(=O)=O)c2)c(C#N)c2ccc(OC)cc21. The van der Waals surface area contributed by atoms with Gasteiger partial charge in [0.15, 0.2) is 0 Å². The van der Waals surface area contributed by atoms with Crippen molar-refractivity contribution in [3.05, 3.63) is 48.0 Å². The van der Waals surface area contributed by atoms with Crippen LogP contribution in [0.15, 0.2) is 42.5 Å². The highest BCUT2D eigenvalue weighted by molar-refractivity contribution is 7.93. The molecule has 0 unspecified atom stereocenters. The Morgan fingerprint density at radius 2 is 2.03 bits per heavy atom. The highest BCUT2D eigenvalue weighted by Gasteiger charge is 2.29. The van der Waals surface area contributed by atoms with Gasteiger partial charge in [0.25, 0.3) is 0 Å². The molecule has 0 bridgehead atoms. The van der Waals surface area contributed by atoms with Gasteiger partial charge in [-0.05, 0) is 37.1 Å². The van der Waals surface area contributed by atoms with Crippen LogP contribution in [-0.4, -0.2) is 32.4 Å². The zero-order valence-corrected chi connectivity index (χ0v) is 17.4. The van der Waals surface area contributed by atoms with E-state index in [0.717, 1.165) is 40.9 Å². The predicted octanol–water partition coefficient (Wildman–Crippen LogP) is 4.14. The molecule has 0 saturated carbocycles. The molecule has 1 saturated heterocycles. The molecule has 2 aromatic carbocycles. The lowest BCUT2D eigenvalue weighted by Gasteiger charge is -2.18. The molecule has 0 spiro atoms. The average Bonchev–Trinajstić information content (AvgIpc) is 3.24. The van der Waals surface area contributed by atoms with E-state index in [1.54, 1.807) is 7.11 Å². The van der Waals surface area contributed by atoms with E-state index in [1.807, 2.05) is 42.5 Å². The first-order valence-corrected chi connectivity index (χ1v) is 11.3. The van der Waals surface area contributed by atoms with E-state index in [-0.39, 0.29) is 5.75 Å². The lowest BCUT2D eigenvalue weighted by Crippen LogP contribution is -2.25. The van der Waals surface area contributed by atoms with Crippen molar-refractivity contribution >= 4 is 26.6 Å². The molecule has 6 nitrogen and oxygen atoms in total. The predicted molar refractivity (Wildman–Crippen MR) is 115 cm³/mol. The van der Waals surface area contributed by atoms with Crippen molar-refractivity contribution in [3.63, 3.8) is 0 Å². The minimum Gasteiger partial charge on any atom is -0.497 e. The topological polar surface area (TPSA) is 75.3 Å². The molecule has 4 rings (SSSR count). The van der Waals surface area contributed by atoms with Gasteiger partial charge in [0.2, 0.25) is 10.0 Å². The monoisotopic (exact) mass is 409 g/mol. The number of sulfonamides is 1. The molecule has 0 atom stereocenters. The maximum absolute atomic E-state index is 12.4. The van der Waals surface area contributed by atoms with Crippen molar-refractivity contribution in [1.82, 2.24) is 4.57 Å². The fourth-order valence-electron chi connectivity index (χ4n) is 4.06. The largest absolute Gasteiger partial charge is 0.497 e. The van der Waals surface area contributed by atoms with Gasteiger partial charge >= 0.3 is 0 Å². The van der Waals surface area contributed by atoms with Crippen LogP contribution in [0.5, 0.6) is 5.75 Å². The van der Waals surface area contributed by atoms with Gasteiger partial charge in [0.1, 0.15) is 11.8 Å². The van der Waals surface area contributed by atoms with E-state index in [1.165, 1.54) is 4.31 Å². The first kappa shape index (κ1) is 19.3. The minimum atomic E-state index is -3.26. The third kappa shape index (κ3) is 3.23. The Morgan fingerprint density at radius 3 is 2.69 bits per heavy atom. The fraction of sp³-hybridized carbons (Fsp3) is 0.318. The molecule has 3 aromatic rings. The number of aryl methyl sites for hydroxylation is 1. The molecule has 2 heterocycles. The standard InChI is InChI=1S/C22H23N3O3S/c1-3-10-24-21-14-18(28-2)8-9-19(21)20(15-23)22(24)16-6-4-7-17(13-16)25-11-5-12-29(25,26)27/h4,6-9,13-14H,3,5,10-12H2,1-2H3. The molecular formula is C22H23N3O3S. The zero-order chi connectivity index (χ0) is 20.6. The Bertz CT molecular complexity index is 1220. The fourth-order valence-corrected chi connectivity index (χ4v) is 5.62. The second-order valence-corrected chi connectivity index (χ2v) is 9.18. The molecule has 29 heavy (non-hydrogen) atoms. The summed E-state index contributed by atoms with van der Waals surface area (Å²) in [6.07, 6.45) is 1.53. The summed E-state index contributed by atoms with van der Waals surface area (Å²) < 4.78 is 33.7. The average molecular weight is 410 g/mol. The second-order valence-electron chi connectivity index (χ2n) is 7.16. The number of aromatic nitrogens is 1. The van der Waals surface area contributed by atoms with Gasteiger partial charge in [-0.15, -0.1) is 0 Å². The molecule has 0 aliphatic carbocycles. The summed E-state index contributed by atoms with van der Waals surface area (Å²) in [5.74, 6) is 0.914. The summed E-state index contributed by atoms with van der Waals surface area (Å²) >= 11 is 0. The Morgan fingerprint density at radius 1 is 1.21 bits per heavy atom. The highest BCUT2D eigenvalue weighted by Crippen LogP contribution is 2.37. The van der Waals surface area contributed by atoms with Gasteiger partial charge in [-0.25, -0.2) is 8.42 Å². The van der Waals surface area contributed by atoms with Crippen molar-refractivity contribution in [1.29, 1.82) is 5.26 Å². The molecule has 1 aliphatic heterocycles. The van der Waals surface area contributed by atoms with Crippen molar-refractivity contribution in [3.8, 4) is 23.1 Å². The van der Waals surface area contributed by atoms with Gasteiger partial charge in [0.05, 0.1) is 35.3 Å². The summed E-state index contributed by atoms with van der Waals surface area (Å²) in [7, 11) is -1.64. The maximum atomic E-state index is 12.4. The van der Waals surface area contributed by atoms with E-state index in [0.29, 0.717) is 24.2 Å². The Kier molecular flexibility index (Phi) is 4.97. The highest BCUT2D eigenvalue weighted by atomic mass is 32.2. The van der Waals surface area contributed by atoms with Crippen molar-refractivity contribution in [2.75, 3.05) is 23.7 Å². The maximum Gasteiger partial charge on any atom is 0.235 e. The number of rotatable bonds is 5. The number of ether oxygens (including phenoxy) is 1. The number of nitriles is 1. The third-order valence-electron chi connectivity index (χ3n) is 5.34. The molecule has 0 amide bonds. The number of fused-ring (bicyclic) bond motifs is 1. The number of methoxy groups -OCH3 is 1. The number of benzene rings is 2. The normalized spacial score (nSPS) is 15.6. The Balaban J connectivity index is 1.95. The van der Waals surface area contributed by atoms with Gasteiger partial charge in [-0.1, -0.05) is 19.1 Å². The second kappa shape index (κ2) is 7.45. The van der Waals surface area contributed by atoms with Crippen LogP contribution < -0.4 is 9.04 Å². The number of hydrogen-bond acceptors (Lipinski definition) is 4. The van der Waals surface area contributed by atoms with Gasteiger partial charge in [0, 0.05) is 30.1 Å². The van der Waals surface area contributed by atoms with E-state index in [9.17, 15) is 13.7 Å². The lowest BCUT2D eigenvalue weighted by atomic mass is 10.1. The molecule has 1 aliphatic rings. The van der Waals surface area contributed by atoms with Crippen LogP contribution in [0, 0.1) is 11.3 Å². The summed E-state index contributed by atoms with van der Waals surface area (Å²) in [6.45, 7) is 3.33. The van der Waals surface area contributed by atoms with Crippen LogP contribution in [0.4, 0.5) is 5.69 Å². The number of hydrogen-bond donors (Lipinski definition) is 0. The van der Waals surface area contributed by atoms with Crippen LogP contribution in [0.3, 0.4) is 0 Å². The molecular weight excluding hydrogens is 386 g/mol. The van der Waals surface area contributed by atoms with Crippen molar-refractivity contribution < 1.29 is 13.2 Å². The van der Waals surface area contributed by atoms with Gasteiger partial charge < -0.3 is 9.30 Å². The Hall–Kier alpha value is -2.98. The van der Waals surface area contributed by atoms with Crippen LogP contribution in [-0.2, 0) is 16.6 Å². The van der Waals surface area contributed by atoms with Gasteiger partial charge in [-0.2, -0.15) is 5.26 Å². The molecule has 1 fully saturated rings. The Labute approximate surface area is 171 Å². The smallest absolute Gasteiger partial charge is 0.235 e. The summed E-state index contributed by atoms with van der Waals surface area (Å²) in [5.41, 5.74) is 3.84. The zero-order valence-electron chi connectivity index (χ0n) is 16.6. The molecule has 7 heteroatoms. The molecule has 0 N–H and O–H groups in total. The minimum absolute atomic E-state index is 0.177.